The Labute approximate surface area is 208 Å². The van der Waals surface area contributed by atoms with E-state index in [2.05, 4.69) is 9.88 Å². The van der Waals surface area contributed by atoms with E-state index < -0.39 is 4.92 Å². The number of carbonyl (C=O) groups excluding carboxylic acids is 1. The highest BCUT2D eigenvalue weighted by molar-refractivity contribution is 5.93. The van der Waals surface area contributed by atoms with Crippen LogP contribution in [0, 0.1) is 10.1 Å². The molecule has 1 saturated heterocycles. The molecule has 9 heteroatoms. The lowest BCUT2D eigenvalue weighted by atomic mass is 10.1. The average Bonchev–Trinajstić information content (AvgIpc) is 3.37. The highest BCUT2D eigenvalue weighted by Crippen LogP contribution is 2.25. The molecule has 2 aromatic heterocycles. The van der Waals surface area contributed by atoms with Crippen LogP contribution in [0.4, 0.5) is 11.4 Å². The molecule has 9 nitrogen and oxygen atoms in total. The molecule has 2 aromatic carbocycles. The summed E-state index contributed by atoms with van der Waals surface area (Å²) in [5.74, 6) is -0.0849. The number of benzene rings is 2. The minimum Gasteiger partial charge on any atom is -0.368 e. The molecule has 0 aliphatic carbocycles. The molecule has 0 saturated carbocycles. The monoisotopic (exact) mass is 480 g/mol. The van der Waals surface area contributed by atoms with Crippen molar-refractivity contribution in [1.82, 2.24) is 19.7 Å². The van der Waals surface area contributed by atoms with E-state index >= 15 is 0 Å². The second-order valence-corrected chi connectivity index (χ2v) is 8.38. The fourth-order valence-electron chi connectivity index (χ4n) is 4.20. The van der Waals surface area contributed by atoms with Crippen LogP contribution in [0.2, 0.25) is 0 Å². The number of para-hydroxylation sites is 1. The van der Waals surface area contributed by atoms with Gasteiger partial charge >= 0.3 is 0 Å². The molecule has 1 aliphatic rings. The van der Waals surface area contributed by atoms with Crippen LogP contribution in [0.25, 0.3) is 23.0 Å². The summed E-state index contributed by atoms with van der Waals surface area (Å²) in [6.45, 7) is 2.27. The maximum absolute atomic E-state index is 13.0. The Morgan fingerprint density at radius 3 is 2.44 bits per heavy atom. The number of hydrogen-bond acceptors (Lipinski definition) is 6. The van der Waals surface area contributed by atoms with Crippen molar-refractivity contribution in [2.24, 2.45) is 0 Å². The second kappa shape index (κ2) is 10.2. The first kappa shape index (κ1) is 23.0. The summed E-state index contributed by atoms with van der Waals surface area (Å²) in [4.78, 5) is 31.7. The minimum absolute atomic E-state index is 0.0643. The fraction of sp³-hybridized carbons (Fsp3) is 0.148. The van der Waals surface area contributed by atoms with E-state index in [1.54, 1.807) is 46.3 Å². The first-order valence-corrected chi connectivity index (χ1v) is 11.6. The summed E-state index contributed by atoms with van der Waals surface area (Å²) in [6.07, 6.45) is 8.74. The zero-order valence-corrected chi connectivity index (χ0v) is 19.5. The standard InChI is InChI=1S/C27H24N6O3/c34-26(31-16-14-30(15-17-31)24-9-4-10-25(18-24)33(35)36)12-11-22-20-32(23-7-2-1-3-8-23)29-27(22)21-6-5-13-28-19-21/h1-13,18-20H,14-17H2/b12-11+. The van der Waals surface area contributed by atoms with Gasteiger partial charge in [0.1, 0.15) is 5.69 Å². The van der Waals surface area contributed by atoms with E-state index in [0.29, 0.717) is 26.2 Å². The minimum atomic E-state index is -0.395. The topological polar surface area (TPSA) is 97.4 Å². The lowest BCUT2D eigenvalue weighted by Gasteiger charge is -2.35. The first-order valence-electron chi connectivity index (χ1n) is 11.6. The second-order valence-electron chi connectivity index (χ2n) is 8.38. The number of piperazine rings is 1. The van der Waals surface area contributed by atoms with Gasteiger partial charge in [-0.2, -0.15) is 5.10 Å². The first-order chi connectivity index (χ1) is 17.6. The van der Waals surface area contributed by atoms with Gasteiger partial charge in [-0.15, -0.1) is 0 Å². The number of anilines is 1. The van der Waals surface area contributed by atoms with Gasteiger partial charge < -0.3 is 9.80 Å². The van der Waals surface area contributed by atoms with Crippen molar-refractivity contribution in [3.63, 3.8) is 0 Å². The number of nitro benzene ring substituents is 1. The van der Waals surface area contributed by atoms with Gasteiger partial charge in [0.05, 0.1) is 10.6 Å². The Balaban J connectivity index is 1.31. The van der Waals surface area contributed by atoms with Crippen molar-refractivity contribution in [3.8, 4) is 16.9 Å². The van der Waals surface area contributed by atoms with Gasteiger partial charge in [0.25, 0.3) is 5.69 Å². The lowest BCUT2D eigenvalue weighted by Crippen LogP contribution is -2.48. The number of nitro groups is 1. The fourth-order valence-corrected chi connectivity index (χ4v) is 4.20. The molecule has 0 spiro atoms. The normalized spacial score (nSPS) is 13.8. The molecule has 0 bridgehead atoms. The predicted molar refractivity (Wildman–Crippen MR) is 138 cm³/mol. The Morgan fingerprint density at radius 2 is 1.72 bits per heavy atom. The quantitative estimate of drug-likeness (QED) is 0.233. The number of non-ortho nitro benzene ring substituents is 1. The number of nitrogens with zero attached hydrogens (tertiary/aromatic N) is 6. The Morgan fingerprint density at radius 1 is 0.944 bits per heavy atom. The van der Waals surface area contributed by atoms with Crippen molar-refractivity contribution in [2.75, 3.05) is 31.1 Å². The molecular weight excluding hydrogens is 456 g/mol. The molecule has 0 unspecified atom stereocenters. The number of hydrogen-bond donors (Lipinski definition) is 0. The number of carbonyl (C=O) groups is 1. The van der Waals surface area contributed by atoms with Gasteiger partial charge in [0, 0.05) is 79.8 Å². The molecule has 36 heavy (non-hydrogen) atoms. The smallest absolute Gasteiger partial charge is 0.271 e. The third-order valence-electron chi connectivity index (χ3n) is 6.10. The summed E-state index contributed by atoms with van der Waals surface area (Å²) in [7, 11) is 0. The molecule has 5 rings (SSSR count). The average molecular weight is 481 g/mol. The molecule has 1 amide bonds. The van der Waals surface area contributed by atoms with Gasteiger partial charge in [0.15, 0.2) is 0 Å². The van der Waals surface area contributed by atoms with Crippen LogP contribution in [-0.2, 0) is 4.79 Å². The van der Waals surface area contributed by atoms with E-state index in [0.717, 1.165) is 28.2 Å². The maximum Gasteiger partial charge on any atom is 0.271 e. The van der Waals surface area contributed by atoms with Gasteiger partial charge in [-0.1, -0.05) is 24.3 Å². The van der Waals surface area contributed by atoms with E-state index in [4.69, 9.17) is 5.10 Å². The number of rotatable bonds is 6. The van der Waals surface area contributed by atoms with Crippen molar-refractivity contribution in [3.05, 3.63) is 107 Å². The maximum atomic E-state index is 13.0. The number of amides is 1. The van der Waals surface area contributed by atoms with E-state index in [1.165, 1.54) is 6.07 Å². The van der Waals surface area contributed by atoms with Crippen LogP contribution in [0.5, 0.6) is 0 Å². The van der Waals surface area contributed by atoms with Gasteiger partial charge in [-0.3, -0.25) is 19.9 Å². The van der Waals surface area contributed by atoms with Crippen LogP contribution in [0.1, 0.15) is 5.56 Å². The Kier molecular flexibility index (Phi) is 6.53. The molecule has 0 radical (unpaired) electrons. The van der Waals surface area contributed by atoms with Gasteiger partial charge in [0.2, 0.25) is 5.91 Å². The molecular formula is C27H24N6O3. The molecule has 4 aromatic rings. The molecule has 0 N–H and O–H groups in total. The SMILES string of the molecule is O=C(/C=C/c1cn(-c2ccccc2)nc1-c1cccnc1)N1CCN(c2cccc([N+](=O)[O-])c2)CC1. The van der Waals surface area contributed by atoms with Crippen LogP contribution >= 0.6 is 0 Å². The van der Waals surface area contributed by atoms with Crippen molar-refractivity contribution < 1.29 is 9.72 Å². The van der Waals surface area contributed by atoms with Crippen molar-refractivity contribution in [1.29, 1.82) is 0 Å². The summed E-state index contributed by atoms with van der Waals surface area (Å²) in [5.41, 5.74) is 4.20. The van der Waals surface area contributed by atoms with Crippen molar-refractivity contribution >= 4 is 23.4 Å². The van der Waals surface area contributed by atoms with Crippen LogP contribution in [0.15, 0.2) is 91.4 Å². The lowest BCUT2D eigenvalue weighted by molar-refractivity contribution is -0.384. The predicted octanol–water partition coefficient (Wildman–Crippen LogP) is 4.20. The van der Waals surface area contributed by atoms with Gasteiger partial charge in [-0.05, 0) is 36.4 Å². The van der Waals surface area contributed by atoms with E-state index in [1.807, 2.05) is 54.7 Å². The summed E-state index contributed by atoms with van der Waals surface area (Å²) in [5, 5.41) is 15.8. The third-order valence-corrected chi connectivity index (χ3v) is 6.10. The zero-order valence-electron chi connectivity index (χ0n) is 19.5. The summed E-state index contributed by atoms with van der Waals surface area (Å²) in [6, 6.07) is 20.2. The van der Waals surface area contributed by atoms with Crippen molar-refractivity contribution in [2.45, 2.75) is 0 Å². The molecule has 1 aliphatic heterocycles. The summed E-state index contributed by atoms with van der Waals surface area (Å²) < 4.78 is 1.80. The number of pyridine rings is 1. The van der Waals surface area contributed by atoms with Crippen LogP contribution in [-0.4, -0.2) is 56.7 Å². The van der Waals surface area contributed by atoms with Crippen LogP contribution < -0.4 is 4.90 Å². The summed E-state index contributed by atoms with van der Waals surface area (Å²) >= 11 is 0. The molecule has 0 atom stereocenters. The molecule has 180 valence electrons. The Bertz CT molecular complexity index is 1390. The van der Waals surface area contributed by atoms with Gasteiger partial charge in [-0.25, -0.2) is 4.68 Å². The largest absolute Gasteiger partial charge is 0.368 e. The molecule has 1 fully saturated rings. The highest BCUT2D eigenvalue weighted by Gasteiger charge is 2.21. The van der Waals surface area contributed by atoms with Crippen LogP contribution in [0.3, 0.4) is 0 Å². The molecule has 3 heterocycles. The van der Waals surface area contributed by atoms with E-state index in [-0.39, 0.29) is 11.6 Å². The highest BCUT2D eigenvalue weighted by atomic mass is 16.6. The number of aromatic nitrogens is 3. The third kappa shape index (κ3) is 5.00. The Hall–Kier alpha value is -4.79. The zero-order chi connectivity index (χ0) is 24.9. The van der Waals surface area contributed by atoms with E-state index in [9.17, 15) is 14.9 Å².